The molecule has 0 saturated carbocycles. The highest BCUT2D eigenvalue weighted by Gasteiger charge is 2.42. The number of rotatable bonds is 4. The number of halogens is 2. The van der Waals surface area contributed by atoms with Gasteiger partial charge in [-0.1, -0.05) is 0 Å². The third-order valence-electron chi connectivity index (χ3n) is 3.92. The van der Waals surface area contributed by atoms with E-state index in [-0.39, 0.29) is 11.4 Å². The van der Waals surface area contributed by atoms with Gasteiger partial charge in [0.2, 0.25) is 5.91 Å². The molecule has 20 heavy (non-hydrogen) atoms. The Bertz CT molecular complexity index is 364. The number of amides is 1. The van der Waals surface area contributed by atoms with Crippen LogP contribution in [0.25, 0.3) is 0 Å². The molecule has 7 heteroatoms. The van der Waals surface area contributed by atoms with Crippen molar-refractivity contribution in [2.45, 2.75) is 37.8 Å². The van der Waals surface area contributed by atoms with Gasteiger partial charge in [0, 0.05) is 31.6 Å². The minimum atomic E-state index is -2.77. The van der Waals surface area contributed by atoms with Crippen molar-refractivity contribution in [3.8, 4) is 0 Å². The molecule has 2 aliphatic rings. The summed E-state index contributed by atoms with van der Waals surface area (Å²) in [5.41, 5.74) is -0.0540. The highest BCUT2D eigenvalue weighted by Crippen LogP contribution is 2.25. The zero-order valence-electron chi connectivity index (χ0n) is 12.0. The Balaban J connectivity index is 1.72. The molecule has 2 N–H and O–H groups in total. The molecule has 2 rings (SSSR count). The van der Waals surface area contributed by atoms with Gasteiger partial charge in [0.1, 0.15) is 0 Å². The van der Waals surface area contributed by atoms with Crippen molar-refractivity contribution in [2.75, 3.05) is 39.4 Å². The summed E-state index contributed by atoms with van der Waals surface area (Å²) in [5, 5.41) is 5.29. The van der Waals surface area contributed by atoms with Gasteiger partial charge in [-0.15, -0.1) is 0 Å². The number of alkyl halides is 2. The average molecular weight is 291 g/mol. The van der Waals surface area contributed by atoms with Gasteiger partial charge in [0.25, 0.3) is 5.92 Å². The molecule has 1 amide bonds. The van der Waals surface area contributed by atoms with Crippen molar-refractivity contribution < 1.29 is 18.3 Å². The number of carbonyl (C=O) groups is 1. The van der Waals surface area contributed by atoms with E-state index < -0.39 is 24.9 Å². The van der Waals surface area contributed by atoms with E-state index in [2.05, 4.69) is 29.4 Å². The maximum atomic E-state index is 13.0. The summed E-state index contributed by atoms with van der Waals surface area (Å²) in [6, 6.07) is -0.775. The van der Waals surface area contributed by atoms with Gasteiger partial charge < -0.3 is 10.1 Å². The van der Waals surface area contributed by atoms with Gasteiger partial charge in [-0.05, 0) is 13.8 Å². The second-order valence-electron chi connectivity index (χ2n) is 6.14. The molecule has 2 aliphatic heterocycles. The van der Waals surface area contributed by atoms with E-state index in [1.807, 2.05) is 0 Å². The Hall–Kier alpha value is -0.790. The molecule has 2 heterocycles. The molecule has 0 radical (unpaired) electrons. The van der Waals surface area contributed by atoms with Crippen LogP contribution >= 0.6 is 0 Å². The van der Waals surface area contributed by atoms with Crippen molar-refractivity contribution in [3.63, 3.8) is 0 Å². The lowest BCUT2D eigenvalue weighted by atomic mass is 10.0. The topological polar surface area (TPSA) is 53.6 Å². The van der Waals surface area contributed by atoms with Crippen LogP contribution in [0, 0.1) is 0 Å². The van der Waals surface area contributed by atoms with E-state index in [1.54, 1.807) is 0 Å². The molecule has 0 aromatic carbocycles. The first-order chi connectivity index (χ1) is 9.30. The van der Waals surface area contributed by atoms with Crippen LogP contribution in [0.3, 0.4) is 0 Å². The number of carbonyl (C=O) groups excluding carboxylic acids is 1. The second-order valence-corrected chi connectivity index (χ2v) is 6.14. The molecule has 2 saturated heterocycles. The fourth-order valence-corrected chi connectivity index (χ4v) is 2.64. The van der Waals surface area contributed by atoms with Crippen LogP contribution in [-0.2, 0) is 9.53 Å². The van der Waals surface area contributed by atoms with Crippen molar-refractivity contribution in [1.82, 2.24) is 15.5 Å². The molecule has 2 fully saturated rings. The van der Waals surface area contributed by atoms with Gasteiger partial charge in [0.15, 0.2) is 0 Å². The first kappa shape index (κ1) is 15.6. The predicted molar refractivity (Wildman–Crippen MR) is 70.8 cm³/mol. The van der Waals surface area contributed by atoms with Crippen LogP contribution < -0.4 is 10.6 Å². The summed E-state index contributed by atoms with van der Waals surface area (Å²) in [7, 11) is 0. The minimum absolute atomic E-state index is 0.0540. The monoisotopic (exact) mass is 291 g/mol. The number of hydrogen-bond donors (Lipinski definition) is 2. The van der Waals surface area contributed by atoms with Crippen LogP contribution in [0.1, 0.15) is 20.3 Å². The zero-order valence-corrected chi connectivity index (χ0v) is 12.0. The molecule has 1 unspecified atom stereocenters. The molecular weight excluding hydrogens is 268 g/mol. The van der Waals surface area contributed by atoms with Crippen molar-refractivity contribution in [3.05, 3.63) is 0 Å². The summed E-state index contributed by atoms with van der Waals surface area (Å²) in [5.74, 6) is -3.11. The Morgan fingerprint density at radius 2 is 2.25 bits per heavy atom. The van der Waals surface area contributed by atoms with Crippen molar-refractivity contribution in [1.29, 1.82) is 0 Å². The van der Waals surface area contributed by atoms with E-state index in [1.165, 1.54) is 0 Å². The number of morpholine rings is 1. The summed E-state index contributed by atoms with van der Waals surface area (Å²) < 4.78 is 31.4. The fraction of sp³-hybridized carbons (Fsp3) is 0.923. The van der Waals surface area contributed by atoms with Crippen molar-refractivity contribution >= 4 is 5.91 Å². The van der Waals surface area contributed by atoms with Gasteiger partial charge in [-0.25, -0.2) is 8.78 Å². The Kier molecular flexibility index (Phi) is 4.61. The first-order valence-electron chi connectivity index (χ1n) is 7.02. The Morgan fingerprint density at radius 3 is 2.85 bits per heavy atom. The second kappa shape index (κ2) is 5.91. The molecular formula is C13H23F2N3O2. The summed E-state index contributed by atoms with van der Waals surface area (Å²) in [6.07, 6.45) is -0.415. The summed E-state index contributed by atoms with van der Waals surface area (Å²) in [4.78, 5) is 14.0. The quantitative estimate of drug-likeness (QED) is 0.777. The first-order valence-corrected chi connectivity index (χ1v) is 7.02. The third-order valence-corrected chi connectivity index (χ3v) is 3.92. The van der Waals surface area contributed by atoms with Crippen LogP contribution in [0.5, 0.6) is 0 Å². The molecule has 116 valence electrons. The SMILES string of the molecule is CC1(C)COCCN1CCNC(=O)C1CC(F)(F)CN1. The van der Waals surface area contributed by atoms with Crippen LogP contribution in [-0.4, -0.2) is 67.7 Å². The molecule has 0 bridgehead atoms. The number of nitrogens with zero attached hydrogens (tertiary/aromatic N) is 1. The molecule has 0 aliphatic carbocycles. The highest BCUT2D eigenvalue weighted by atomic mass is 19.3. The lowest BCUT2D eigenvalue weighted by Gasteiger charge is -2.42. The van der Waals surface area contributed by atoms with Gasteiger partial charge in [0.05, 0.1) is 25.8 Å². The van der Waals surface area contributed by atoms with Crippen LogP contribution in [0.2, 0.25) is 0 Å². The van der Waals surface area contributed by atoms with Crippen LogP contribution in [0.4, 0.5) is 8.78 Å². The van der Waals surface area contributed by atoms with E-state index in [4.69, 9.17) is 4.74 Å². The normalized spacial score (nSPS) is 29.3. The summed E-state index contributed by atoms with van der Waals surface area (Å²) >= 11 is 0. The molecule has 5 nitrogen and oxygen atoms in total. The predicted octanol–water partition coefficient (Wildman–Crippen LogP) is 0.211. The number of nitrogens with one attached hydrogen (secondary N) is 2. The van der Waals surface area contributed by atoms with Gasteiger partial charge in [-0.2, -0.15) is 0 Å². The van der Waals surface area contributed by atoms with Gasteiger partial charge in [-0.3, -0.25) is 15.0 Å². The minimum Gasteiger partial charge on any atom is -0.378 e. The average Bonchev–Trinajstić information content (AvgIpc) is 2.71. The number of hydrogen-bond acceptors (Lipinski definition) is 4. The molecule has 0 aromatic heterocycles. The molecule has 1 atom stereocenters. The maximum Gasteiger partial charge on any atom is 0.262 e. The van der Waals surface area contributed by atoms with E-state index in [9.17, 15) is 13.6 Å². The lowest BCUT2D eigenvalue weighted by Crippen LogP contribution is -2.55. The molecule has 0 spiro atoms. The Labute approximate surface area is 118 Å². The lowest BCUT2D eigenvalue weighted by molar-refractivity contribution is -0.123. The standard InChI is InChI=1S/C13H23F2N3O2/c1-12(2)9-20-6-5-18(12)4-3-16-11(19)10-7-13(14,15)8-17-10/h10,17H,3-9H2,1-2H3,(H,16,19). The van der Waals surface area contributed by atoms with Gasteiger partial charge >= 0.3 is 0 Å². The highest BCUT2D eigenvalue weighted by molar-refractivity contribution is 5.82. The zero-order chi connectivity index (χ0) is 14.8. The van der Waals surface area contributed by atoms with Crippen molar-refractivity contribution in [2.24, 2.45) is 0 Å². The largest absolute Gasteiger partial charge is 0.378 e. The van der Waals surface area contributed by atoms with Crippen LogP contribution in [0.15, 0.2) is 0 Å². The Morgan fingerprint density at radius 1 is 1.50 bits per heavy atom. The van der Waals surface area contributed by atoms with E-state index in [0.29, 0.717) is 26.3 Å². The summed E-state index contributed by atoms with van der Waals surface area (Å²) in [6.45, 7) is 7.10. The molecule has 0 aromatic rings. The number of ether oxygens (including phenoxy) is 1. The van der Waals surface area contributed by atoms with E-state index in [0.717, 1.165) is 6.54 Å². The van der Waals surface area contributed by atoms with E-state index >= 15 is 0 Å². The maximum absolute atomic E-state index is 13.0. The third kappa shape index (κ3) is 3.86. The smallest absolute Gasteiger partial charge is 0.262 e. The fourth-order valence-electron chi connectivity index (χ4n) is 2.64.